The van der Waals surface area contributed by atoms with Crippen molar-refractivity contribution in [1.29, 1.82) is 0 Å². The van der Waals surface area contributed by atoms with Gasteiger partial charge in [-0.1, -0.05) is 23.4 Å². The van der Waals surface area contributed by atoms with Crippen LogP contribution in [0.5, 0.6) is 0 Å². The Balaban J connectivity index is 1.41. The molecular weight excluding hydrogens is 318 g/mol. The van der Waals surface area contributed by atoms with Crippen molar-refractivity contribution in [3.63, 3.8) is 0 Å². The lowest BCUT2D eigenvalue weighted by atomic mass is 9.98. The summed E-state index contributed by atoms with van der Waals surface area (Å²) in [5, 5.41) is 5.22. The van der Waals surface area contributed by atoms with Crippen molar-refractivity contribution in [2.45, 2.75) is 31.7 Å². The number of piperidine rings is 1. The van der Waals surface area contributed by atoms with Crippen LogP contribution in [0, 0.1) is 0 Å². The Morgan fingerprint density at radius 1 is 1.32 bits per heavy atom. The summed E-state index contributed by atoms with van der Waals surface area (Å²) in [6.45, 7) is 3.42. The summed E-state index contributed by atoms with van der Waals surface area (Å²) in [5.74, 6) is 2.78. The number of methoxy groups -OCH3 is 1. The van der Waals surface area contributed by atoms with Gasteiger partial charge in [-0.3, -0.25) is 4.90 Å². The molecule has 6 nitrogen and oxygen atoms in total. The van der Waals surface area contributed by atoms with E-state index in [2.05, 4.69) is 27.2 Å². The van der Waals surface area contributed by atoms with E-state index >= 15 is 0 Å². The van der Waals surface area contributed by atoms with E-state index in [1.165, 1.54) is 0 Å². The smallest absolute Gasteiger partial charge is 0.231 e. The van der Waals surface area contributed by atoms with Gasteiger partial charge in [0.1, 0.15) is 11.3 Å². The number of fused-ring (bicyclic) bond motifs is 1. The summed E-state index contributed by atoms with van der Waals surface area (Å²) in [5.41, 5.74) is 0.950. The largest absolute Gasteiger partial charge is 0.460 e. The molecule has 1 atom stereocenters. The van der Waals surface area contributed by atoms with Crippen LogP contribution in [0.4, 0.5) is 0 Å². The van der Waals surface area contributed by atoms with Crippen LogP contribution >= 0.6 is 0 Å². The quantitative estimate of drug-likeness (QED) is 0.685. The minimum atomic E-state index is 0.293. The molecule has 0 N–H and O–H groups in total. The fourth-order valence-corrected chi connectivity index (χ4v) is 3.46. The highest BCUT2D eigenvalue weighted by Crippen LogP contribution is 2.28. The fraction of sp³-hybridized carbons (Fsp3) is 0.474. The number of aromatic nitrogens is 2. The van der Waals surface area contributed by atoms with E-state index < -0.39 is 0 Å². The summed E-state index contributed by atoms with van der Waals surface area (Å²) in [6, 6.07) is 10.3. The Morgan fingerprint density at radius 3 is 3.12 bits per heavy atom. The first-order chi connectivity index (χ1) is 12.3. The van der Waals surface area contributed by atoms with Crippen molar-refractivity contribution >= 4 is 11.0 Å². The Labute approximate surface area is 146 Å². The van der Waals surface area contributed by atoms with Crippen LogP contribution in [0.2, 0.25) is 0 Å². The second kappa shape index (κ2) is 7.37. The first kappa shape index (κ1) is 16.3. The normalized spacial score (nSPS) is 18.8. The van der Waals surface area contributed by atoms with E-state index in [1.807, 2.05) is 18.2 Å². The lowest BCUT2D eigenvalue weighted by Gasteiger charge is -2.30. The third-order valence-corrected chi connectivity index (χ3v) is 4.72. The van der Waals surface area contributed by atoms with Gasteiger partial charge in [0.2, 0.25) is 5.89 Å². The standard InChI is InChI=1S/C19H23N3O3/c1-23-10-8-18-20-19(25-21-18)15-6-4-9-22(12-15)13-16-11-14-5-2-3-7-17(14)24-16/h2-3,5,7,11,15H,4,6,8-10,12-13H2,1H3. The molecule has 25 heavy (non-hydrogen) atoms. The topological polar surface area (TPSA) is 64.5 Å². The molecule has 1 unspecified atom stereocenters. The number of rotatable bonds is 6. The predicted octanol–water partition coefficient (Wildman–Crippen LogP) is 3.38. The highest BCUT2D eigenvalue weighted by Gasteiger charge is 2.26. The molecular formula is C19H23N3O3. The van der Waals surface area contributed by atoms with E-state index in [0.29, 0.717) is 18.9 Å². The molecule has 1 fully saturated rings. The number of benzene rings is 1. The maximum atomic E-state index is 5.95. The maximum Gasteiger partial charge on any atom is 0.231 e. The van der Waals surface area contributed by atoms with Crippen LogP contribution in [0.3, 0.4) is 0 Å². The monoisotopic (exact) mass is 341 g/mol. The Kier molecular flexibility index (Phi) is 4.81. The zero-order chi connectivity index (χ0) is 17.1. The van der Waals surface area contributed by atoms with Crippen LogP contribution in [-0.2, 0) is 17.7 Å². The minimum Gasteiger partial charge on any atom is -0.460 e. The molecule has 1 aliphatic rings. The molecule has 3 heterocycles. The summed E-state index contributed by atoms with van der Waals surface area (Å²) in [6.07, 6.45) is 2.90. The summed E-state index contributed by atoms with van der Waals surface area (Å²) >= 11 is 0. The van der Waals surface area contributed by atoms with Crippen molar-refractivity contribution in [2.75, 3.05) is 26.8 Å². The van der Waals surface area contributed by atoms with Crippen LogP contribution in [0.15, 0.2) is 39.3 Å². The van der Waals surface area contributed by atoms with E-state index in [-0.39, 0.29) is 0 Å². The zero-order valence-electron chi connectivity index (χ0n) is 14.5. The van der Waals surface area contributed by atoms with Gasteiger partial charge in [0.05, 0.1) is 19.1 Å². The highest BCUT2D eigenvalue weighted by molar-refractivity contribution is 5.77. The fourth-order valence-electron chi connectivity index (χ4n) is 3.46. The number of para-hydroxylation sites is 1. The minimum absolute atomic E-state index is 0.293. The molecule has 0 bridgehead atoms. The highest BCUT2D eigenvalue weighted by atomic mass is 16.5. The number of hydrogen-bond donors (Lipinski definition) is 0. The molecule has 0 radical (unpaired) electrons. The Hall–Kier alpha value is -2.18. The number of hydrogen-bond acceptors (Lipinski definition) is 6. The second-order valence-corrected chi connectivity index (χ2v) is 6.62. The number of likely N-dealkylation sites (tertiary alicyclic amines) is 1. The molecule has 6 heteroatoms. The second-order valence-electron chi connectivity index (χ2n) is 6.62. The summed E-state index contributed by atoms with van der Waals surface area (Å²) < 4.78 is 16.5. The molecule has 1 aliphatic heterocycles. The van der Waals surface area contributed by atoms with Gasteiger partial charge in [-0.2, -0.15) is 4.98 Å². The number of furan rings is 1. The van der Waals surface area contributed by atoms with Gasteiger partial charge in [-0.25, -0.2) is 0 Å². The van der Waals surface area contributed by atoms with E-state index in [9.17, 15) is 0 Å². The van der Waals surface area contributed by atoms with Crippen molar-refractivity contribution in [3.8, 4) is 0 Å². The van der Waals surface area contributed by atoms with Gasteiger partial charge in [0, 0.05) is 25.5 Å². The van der Waals surface area contributed by atoms with Crippen LogP contribution in [0.1, 0.15) is 36.2 Å². The average Bonchev–Trinajstić information content (AvgIpc) is 3.26. The lowest BCUT2D eigenvalue weighted by Crippen LogP contribution is -2.33. The van der Waals surface area contributed by atoms with Crippen molar-refractivity contribution in [1.82, 2.24) is 15.0 Å². The van der Waals surface area contributed by atoms with Gasteiger partial charge < -0.3 is 13.7 Å². The zero-order valence-corrected chi connectivity index (χ0v) is 14.5. The van der Waals surface area contributed by atoms with E-state index in [0.717, 1.165) is 60.9 Å². The molecule has 4 rings (SSSR count). The summed E-state index contributed by atoms with van der Waals surface area (Å²) in [4.78, 5) is 6.95. The first-order valence-corrected chi connectivity index (χ1v) is 8.83. The average molecular weight is 341 g/mol. The van der Waals surface area contributed by atoms with Gasteiger partial charge >= 0.3 is 0 Å². The van der Waals surface area contributed by atoms with Gasteiger partial charge in [-0.15, -0.1) is 0 Å². The maximum absolute atomic E-state index is 5.95. The molecule has 0 aliphatic carbocycles. The molecule has 132 valence electrons. The van der Waals surface area contributed by atoms with Crippen LogP contribution in [-0.4, -0.2) is 41.8 Å². The van der Waals surface area contributed by atoms with Crippen LogP contribution < -0.4 is 0 Å². The van der Waals surface area contributed by atoms with Gasteiger partial charge in [0.25, 0.3) is 0 Å². The Morgan fingerprint density at radius 2 is 2.24 bits per heavy atom. The first-order valence-electron chi connectivity index (χ1n) is 8.83. The third-order valence-electron chi connectivity index (χ3n) is 4.72. The van der Waals surface area contributed by atoms with E-state index in [1.54, 1.807) is 7.11 Å². The van der Waals surface area contributed by atoms with Crippen molar-refractivity contribution in [3.05, 3.63) is 47.8 Å². The molecule has 1 saturated heterocycles. The third kappa shape index (κ3) is 3.75. The molecule has 3 aromatic rings. The molecule has 0 spiro atoms. The molecule has 0 amide bonds. The van der Waals surface area contributed by atoms with E-state index in [4.69, 9.17) is 13.7 Å². The van der Waals surface area contributed by atoms with Crippen molar-refractivity contribution in [2.24, 2.45) is 0 Å². The van der Waals surface area contributed by atoms with Crippen molar-refractivity contribution < 1.29 is 13.7 Å². The molecule has 2 aromatic heterocycles. The number of ether oxygens (including phenoxy) is 1. The summed E-state index contributed by atoms with van der Waals surface area (Å²) in [7, 11) is 1.68. The predicted molar refractivity (Wildman–Crippen MR) is 93.3 cm³/mol. The molecule has 0 saturated carbocycles. The lowest BCUT2D eigenvalue weighted by molar-refractivity contribution is 0.170. The number of nitrogens with zero attached hydrogens (tertiary/aromatic N) is 3. The van der Waals surface area contributed by atoms with Gasteiger partial charge in [-0.05, 0) is 31.5 Å². The Bertz CT molecular complexity index is 793. The molecule has 1 aromatic carbocycles. The van der Waals surface area contributed by atoms with Crippen LogP contribution in [0.25, 0.3) is 11.0 Å². The van der Waals surface area contributed by atoms with Gasteiger partial charge in [0.15, 0.2) is 5.82 Å². The SMILES string of the molecule is COCCc1noc(C2CCCN(Cc3cc4ccccc4o3)C2)n1.